The predicted octanol–water partition coefficient (Wildman–Crippen LogP) is -1.37. The monoisotopic (exact) mass is 162 g/mol. The number of carbonyl (C=O) groups is 4. The second kappa shape index (κ2) is 8.28. The van der Waals surface area contributed by atoms with Gasteiger partial charge in [-0.3, -0.25) is 9.59 Å². The second-order valence-electron chi connectivity index (χ2n) is 1.10. The summed E-state index contributed by atoms with van der Waals surface area (Å²) in [6.45, 7) is 0. The molecule has 6 heteroatoms. The van der Waals surface area contributed by atoms with Gasteiger partial charge in [-0.05, 0) is 0 Å². The normalized spacial score (nSPS) is 6.64. The lowest BCUT2D eigenvalue weighted by Crippen LogP contribution is -1.98. The molecule has 0 aliphatic carbocycles. The molecule has 0 aromatic heterocycles. The van der Waals surface area contributed by atoms with Gasteiger partial charge in [-0.25, -0.2) is 9.59 Å². The van der Waals surface area contributed by atoms with E-state index in [1.54, 1.807) is 0 Å². The second-order valence-corrected chi connectivity index (χ2v) is 1.10. The van der Waals surface area contributed by atoms with Gasteiger partial charge in [-0.2, -0.15) is 0 Å². The molecule has 0 unspecified atom stereocenters. The van der Waals surface area contributed by atoms with Crippen LogP contribution in [0.25, 0.3) is 0 Å². The van der Waals surface area contributed by atoms with Crippen molar-refractivity contribution >= 4 is 24.5 Å². The summed E-state index contributed by atoms with van der Waals surface area (Å²) >= 11 is 0. The minimum atomic E-state index is -1.43. The number of carboxylic acid groups (broad SMARTS) is 1. The first-order chi connectivity index (χ1) is 5.08. The van der Waals surface area contributed by atoms with Crippen LogP contribution in [0.2, 0.25) is 0 Å². The first-order valence-corrected chi connectivity index (χ1v) is 2.29. The number of esters is 1. The van der Waals surface area contributed by atoms with E-state index in [0.717, 1.165) is 7.11 Å². The lowest BCUT2D eigenvalue weighted by atomic mass is 10.8. The van der Waals surface area contributed by atoms with Crippen molar-refractivity contribution in [3.05, 3.63) is 0 Å². The van der Waals surface area contributed by atoms with E-state index < -0.39 is 11.9 Å². The molecule has 0 atom stereocenters. The highest BCUT2D eigenvalue weighted by Gasteiger charge is 1.88. The van der Waals surface area contributed by atoms with Crippen molar-refractivity contribution in [2.75, 3.05) is 7.11 Å². The summed E-state index contributed by atoms with van der Waals surface area (Å²) in [5.74, 6) is -2.26. The number of rotatable bonds is 2. The zero-order chi connectivity index (χ0) is 9.28. The Labute approximate surface area is 61.8 Å². The van der Waals surface area contributed by atoms with Crippen molar-refractivity contribution in [2.24, 2.45) is 0 Å². The van der Waals surface area contributed by atoms with Gasteiger partial charge in [-0.1, -0.05) is 0 Å². The van der Waals surface area contributed by atoms with Gasteiger partial charge < -0.3 is 9.84 Å². The Hall–Kier alpha value is -1.72. The molecular formula is C5H6O6. The molecular weight excluding hydrogens is 156 g/mol. The van der Waals surface area contributed by atoms with E-state index in [-0.39, 0.29) is 12.6 Å². The third kappa shape index (κ3) is 17.8. The van der Waals surface area contributed by atoms with Gasteiger partial charge in [0.15, 0.2) is 0 Å². The molecule has 0 radical (unpaired) electrons. The highest BCUT2D eigenvalue weighted by molar-refractivity contribution is 6.20. The summed E-state index contributed by atoms with van der Waals surface area (Å²) in [5, 5.41) is 7.35. The first-order valence-electron chi connectivity index (χ1n) is 2.29. The van der Waals surface area contributed by atoms with Gasteiger partial charge in [0.2, 0.25) is 12.6 Å². The summed E-state index contributed by atoms with van der Waals surface area (Å²) in [7, 11) is 1.15. The van der Waals surface area contributed by atoms with E-state index >= 15 is 0 Å². The molecule has 0 aliphatic rings. The summed E-state index contributed by atoms with van der Waals surface area (Å²) in [5.41, 5.74) is 0. The van der Waals surface area contributed by atoms with E-state index in [2.05, 4.69) is 4.74 Å². The maximum atomic E-state index is 9.59. The molecule has 6 nitrogen and oxygen atoms in total. The average Bonchev–Trinajstić information content (AvgIpc) is 2.04. The molecule has 11 heavy (non-hydrogen) atoms. The van der Waals surface area contributed by atoms with Crippen LogP contribution in [0, 0.1) is 0 Å². The molecule has 0 saturated carbocycles. The van der Waals surface area contributed by atoms with Crippen LogP contribution < -0.4 is 0 Å². The fourth-order valence-electron chi connectivity index (χ4n) is 0.0481. The van der Waals surface area contributed by atoms with Crippen molar-refractivity contribution < 1.29 is 29.0 Å². The molecule has 0 aromatic rings. The van der Waals surface area contributed by atoms with Crippen LogP contribution >= 0.6 is 0 Å². The number of ether oxygens (including phenoxy) is 1. The quantitative estimate of drug-likeness (QED) is 0.305. The van der Waals surface area contributed by atoms with Gasteiger partial charge >= 0.3 is 11.9 Å². The Balaban J connectivity index is 0. The average molecular weight is 162 g/mol. The van der Waals surface area contributed by atoms with Crippen LogP contribution in [0.1, 0.15) is 0 Å². The first kappa shape index (κ1) is 12.0. The molecule has 1 N–H and O–H groups in total. The van der Waals surface area contributed by atoms with Crippen molar-refractivity contribution in [1.29, 1.82) is 0 Å². The summed E-state index contributed by atoms with van der Waals surface area (Å²) in [6.07, 6.45) is -0.0556. The van der Waals surface area contributed by atoms with E-state index in [0.29, 0.717) is 0 Å². The number of carbonyl (C=O) groups excluding carboxylic acids is 3. The van der Waals surface area contributed by atoms with Gasteiger partial charge in [-0.15, -0.1) is 0 Å². The maximum absolute atomic E-state index is 9.59. The Kier molecular flexibility index (Phi) is 9.04. The SMILES string of the molecule is COC(=O)C=O.O=CC(=O)O. The third-order valence-electron chi connectivity index (χ3n) is 0.398. The van der Waals surface area contributed by atoms with Crippen LogP contribution in [-0.2, 0) is 23.9 Å². The Morgan fingerprint density at radius 1 is 1.27 bits per heavy atom. The topological polar surface area (TPSA) is 97.7 Å². The molecule has 0 saturated heterocycles. The van der Waals surface area contributed by atoms with Crippen LogP contribution in [0.3, 0.4) is 0 Å². The molecule has 0 spiro atoms. The van der Waals surface area contributed by atoms with Crippen molar-refractivity contribution in [3.63, 3.8) is 0 Å². The zero-order valence-electron chi connectivity index (χ0n) is 5.64. The molecule has 0 bridgehead atoms. The Morgan fingerprint density at radius 3 is 1.64 bits per heavy atom. The number of carboxylic acids is 1. The Morgan fingerprint density at radius 2 is 1.64 bits per heavy atom. The fourth-order valence-corrected chi connectivity index (χ4v) is 0.0481. The number of aldehydes is 2. The van der Waals surface area contributed by atoms with Gasteiger partial charge in [0.1, 0.15) is 0 Å². The lowest BCUT2D eigenvalue weighted by Gasteiger charge is -1.79. The van der Waals surface area contributed by atoms with E-state index in [1.807, 2.05) is 0 Å². The van der Waals surface area contributed by atoms with Crippen molar-refractivity contribution in [2.45, 2.75) is 0 Å². The minimum Gasteiger partial charge on any atom is -0.476 e. The van der Waals surface area contributed by atoms with Gasteiger partial charge in [0.25, 0.3) is 0 Å². The summed E-state index contributed by atoms with van der Waals surface area (Å²) in [6, 6.07) is 0. The third-order valence-corrected chi connectivity index (χ3v) is 0.398. The van der Waals surface area contributed by atoms with Crippen LogP contribution in [0.15, 0.2) is 0 Å². The molecule has 0 heterocycles. The smallest absolute Gasteiger partial charge is 0.371 e. The molecule has 0 rings (SSSR count). The van der Waals surface area contributed by atoms with E-state index in [4.69, 9.17) is 14.7 Å². The summed E-state index contributed by atoms with van der Waals surface area (Å²) in [4.78, 5) is 36.8. The van der Waals surface area contributed by atoms with E-state index in [9.17, 15) is 9.59 Å². The molecule has 62 valence electrons. The van der Waals surface area contributed by atoms with Crippen LogP contribution in [-0.4, -0.2) is 36.7 Å². The zero-order valence-corrected chi connectivity index (χ0v) is 5.64. The Bertz CT molecular complexity index is 160. The number of hydrogen-bond acceptors (Lipinski definition) is 5. The van der Waals surface area contributed by atoms with E-state index in [1.165, 1.54) is 0 Å². The van der Waals surface area contributed by atoms with Gasteiger partial charge in [0, 0.05) is 0 Å². The van der Waals surface area contributed by atoms with Crippen molar-refractivity contribution in [3.8, 4) is 0 Å². The fraction of sp³-hybridized carbons (Fsp3) is 0.200. The highest BCUT2D eigenvalue weighted by atomic mass is 16.5. The standard InChI is InChI=1S/C3H4O3.C2H2O3/c1-6-3(5)2-4;3-1-2(4)5/h2H,1H3;1H,(H,4,5). The van der Waals surface area contributed by atoms with Crippen LogP contribution in [0.4, 0.5) is 0 Å². The number of methoxy groups -OCH3 is 1. The molecule has 0 amide bonds. The molecule has 0 aliphatic heterocycles. The molecule has 0 aromatic carbocycles. The highest BCUT2D eigenvalue weighted by Crippen LogP contribution is 1.58. The van der Waals surface area contributed by atoms with Gasteiger partial charge in [0.05, 0.1) is 7.11 Å². The largest absolute Gasteiger partial charge is 0.476 e. The predicted molar refractivity (Wildman–Crippen MR) is 31.8 cm³/mol. The minimum absolute atomic E-state index is 0.111. The number of hydrogen-bond donors (Lipinski definition) is 1. The maximum Gasteiger partial charge on any atom is 0.371 e. The molecule has 0 fully saturated rings. The van der Waals surface area contributed by atoms with Crippen LogP contribution in [0.5, 0.6) is 0 Å². The summed E-state index contributed by atoms with van der Waals surface area (Å²) < 4.78 is 3.89. The lowest BCUT2D eigenvalue weighted by molar-refractivity contribution is -0.146. The van der Waals surface area contributed by atoms with Crippen molar-refractivity contribution in [1.82, 2.24) is 0 Å². The number of aliphatic carboxylic acids is 1.